The van der Waals surface area contributed by atoms with Crippen LogP contribution in [0.25, 0.3) is 0 Å². The number of hydrogen-bond donors (Lipinski definition) is 3. The molecule has 2 aromatic rings. The molecule has 0 spiro atoms. The summed E-state index contributed by atoms with van der Waals surface area (Å²) in [4.78, 5) is 12.1. The van der Waals surface area contributed by atoms with Crippen molar-refractivity contribution in [1.82, 2.24) is 20.4 Å². The number of thiocarbonyl (C=S) groups is 1. The van der Waals surface area contributed by atoms with E-state index in [4.69, 9.17) is 12.2 Å². The number of aromatic nitrogens is 2. The molecule has 3 N–H and O–H groups in total. The first kappa shape index (κ1) is 14.3. The smallest absolute Gasteiger partial charge is 0.283 e. The summed E-state index contributed by atoms with van der Waals surface area (Å²) < 4.78 is 17.0. The second kappa shape index (κ2) is 6.35. The van der Waals surface area contributed by atoms with Gasteiger partial charge in [0.15, 0.2) is 5.11 Å². The van der Waals surface area contributed by atoms with Crippen molar-refractivity contribution in [2.45, 2.75) is 6.92 Å². The number of nitrogens with zero attached hydrogens (tertiary/aromatic N) is 2. The van der Waals surface area contributed by atoms with Crippen LogP contribution in [0.1, 0.15) is 15.4 Å². The zero-order chi connectivity index (χ0) is 14.5. The van der Waals surface area contributed by atoms with Gasteiger partial charge in [-0.2, -0.15) is 0 Å². The highest BCUT2D eigenvalue weighted by Gasteiger charge is 2.13. The van der Waals surface area contributed by atoms with Gasteiger partial charge in [-0.05, 0) is 42.8 Å². The first-order valence-electron chi connectivity index (χ1n) is 5.48. The molecule has 9 heteroatoms. The molecule has 1 amide bonds. The maximum absolute atomic E-state index is 13.4. The van der Waals surface area contributed by atoms with Crippen LogP contribution in [0.3, 0.4) is 0 Å². The van der Waals surface area contributed by atoms with E-state index in [-0.39, 0.29) is 10.8 Å². The Morgan fingerprint density at radius 2 is 2.10 bits per heavy atom. The van der Waals surface area contributed by atoms with Gasteiger partial charge in [-0.1, -0.05) is 16.6 Å². The molecular weight excluding hydrogens is 301 g/mol. The molecule has 1 aromatic carbocycles. The number of amides is 1. The van der Waals surface area contributed by atoms with Crippen LogP contribution < -0.4 is 16.2 Å². The minimum atomic E-state index is -0.439. The van der Waals surface area contributed by atoms with Crippen LogP contribution in [0, 0.1) is 12.7 Å². The minimum Gasteiger partial charge on any atom is -0.329 e. The summed E-state index contributed by atoms with van der Waals surface area (Å²) in [6.07, 6.45) is 0. The Bertz CT molecular complexity index is 645. The number of nitrogens with one attached hydrogen (secondary N) is 3. The zero-order valence-corrected chi connectivity index (χ0v) is 11.9. The lowest BCUT2D eigenvalue weighted by molar-refractivity contribution is 0.0947. The van der Waals surface area contributed by atoms with Gasteiger partial charge in [-0.15, -0.1) is 5.10 Å². The van der Waals surface area contributed by atoms with E-state index in [0.29, 0.717) is 10.6 Å². The van der Waals surface area contributed by atoms with E-state index in [9.17, 15) is 9.18 Å². The fraction of sp³-hybridized carbons (Fsp3) is 0.0909. The van der Waals surface area contributed by atoms with Gasteiger partial charge >= 0.3 is 0 Å². The van der Waals surface area contributed by atoms with Crippen LogP contribution in [0.2, 0.25) is 0 Å². The molecule has 0 saturated heterocycles. The predicted molar refractivity (Wildman–Crippen MR) is 77.9 cm³/mol. The molecule has 1 heterocycles. The standard InChI is InChI=1S/C11H10FN5OS2/c1-6-9(20-17-14-6)10(18)15-16-11(19)13-8-5-3-2-4-7(8)12/h2-5H,1H3,(H,15,18)(H2,13,16,19). The first-order chi connectivity index (χ1) is 9.58. The molecule has 0 atom stereocenters. The zero-order valence-electron chi connectivity index (χ0n) is 10.3. The fourth-order valence-electron chi connectivity index (χ4n) is 1.33. The second-order valence-corrected chi connectivity index (χ2v) is 4.86. The molecule has 0 aliphatic carbocycles. The molecule has 0 aliphatic rings. The molecule has 2 rings (SSSR count). The lowest BCUT2D eigenvalue weighted by atomic mass is 10.3. The number of rotatable bonds is 2. The van der Waals surface area contributed by atoms with Crippen molar-refractivity contribution < 1.29 is 9.18 Å². The van der Waals surface area contributed by atoms with Crippen LogP contribution in [0.15, 0.2) is 24.3 Å². The van der Waals surface area contributed by atoms with E-state index < -0.39 is 11.7 Å². The quantitative estimate of drug-likeness (QED) is 0.578. The van der Waals surface area contributed by atoms with Crippen molar-refractivity contribution in [3.63, 3.8) is 0 Å². The largest absolute Gasteiger partial charge is 0.329 e. The predicted octanol–water partition coefficient (Wildman–Crippen LogP) is 1.62. The van der Waals surface area contributed by atoms with Gasteiger partial charge in [0.05, 0.1) is 11.4 Å². The molecule has 1 aromatic heterocycles. The SMILES string of the molecule is Cc1nnsc1C(=O)NNC(=S)Nc1ccccc1F. The van der Waals surface area contributed by atoms with Gasteiger partial charge in [0, 0.05) is 0 Å². The normalized spacial score (nSPS) is 9.90. The number of para-hydroxylation sites is 1. The number of carbonyl (C=O) groups excluding carboxylic acids is 1. The summed E-state index contributed by atoms with van der Waals surface area (Å²) in [7, 11) is 0. The number of benzene rings is 1. The molecular formula is C11H10FN5OS2. The number of halogens is 1. The molecule has 104 valence electrons. The molecule has 0 bridgehead atoms. The Morgan fingerprint density at radius 1 is 1.35 bits per heavy atom. The maximum Gasteiger partial charge on any atom is 0.283 e. The second-order valence-electron chi connectivity index (χ2n) is 3.70. The number of anilines is 1. The molecule has 6 nitrogen and oxygen atoms in total. The highest BCUT2D eigenvalue weighted by molar-refractivity contribution is 7.80. The molecule has 0 saturated carbocycles. The van der Waals surface area contributed by atoms with Crippen molar-refractivity contribution in [2.24, 2.45) is 0 Å². The summed E-state index contributed by atoms with van der Waals surface area (Å²) in [5, 5.41) is 6.42. The van der Waals surface area contributed by atoms with E-state index in [2.05, 4.69) is 25.8 Å². The Balaban J connectivity index is 1.89. The van der Waals surface area contributed by atoms with E-state index in [1.54, 1.807) is 19.1 Å². The summed E-state index contributed by atoms with van der Waals surface area (Å²) >= 11 is 5.92. The van der Waals surface area contributed by atoms with Crippen LogP contribution in [-0.2, 0) is 0 Å². The van der Waals surface area contributed by atoms with Gasteiger partial charge in [0.1, 0.15) is 10.7 Å². The number of hydrogen-bond acceptors (Lipinski definition) is 5. The van der Waals surface area contributed by atoms with Crippen molar-refractivity contribution in [3.8, 4) is 0 Å². The first-order valence-corrected chi connectivity index (χ1v) is 6.67. The van der Waals surface area contributed by atoms with Crippen molar-refractivity contribution >= 4 is 40.5 Å². The molecule has 0 aliphatic heterocycles. The van der Waals surface area contributed by atoms with Crippen LogP contribution >= 0.6 is 23.8 Å². The lowest BCUT2D eigenvalue weighted by Gasteiger charge is -2.11. The van der Waals surface area contributed by atoms with Gasteiger partial charge in [0.2, 0.25) is 0 Å². The summed E-state index contributed by atoms with van der Waals surface area (Å²) in [5.74, 6) is -0.847. The molecule has 0 unspecified atom stereocenters. The third kappa shape index (κ3) is 3.45. The molecule has 20 heavy (non-hydrogen) atoms. The summed E-state index contributed by atoms with van der Waals surface area (Å²) in [6, 6.07) is 6.07. The van der Waals surface area contributed by atoms with E-state index in [0.717, 1.165) is 11.5 Å². The highest BCUT2D eigenvalue weighted by Crippen LogP contribution is 2.12. The molecule has 0 radical (unpaired) electrons. The third-order valence-corrected chi connectivity index (χ3v) is 3.30. The minimum absolute atomic E-state index is 0.0681. The van der Waals surface area contributed by atoms with Crippen LogP contribution in [-0.4, -0.2) is 20.6 Å². The van der Waals surface area contributed by atoms with Gasteiger partial charge in [0.25, 0.3) is 5.91 Å². The monoisotopic (exact) mass is 311 g/mol. The lowest BCUT2D eigenvalue weighted by Crippen LogP contribution is -2.43. The average Bonchev–Trinajstić information content (AvgIpc) is 2.85. The molecule has 0 fully saturated rings. The maximum atomic E-state index is 13.4. The fourth-order valence-corrected chi connectivity index (χ4v) is 2.04. The number of aryl methyl sites for hydroxylation is 1. The Labute approximate surface area is 123 Å². The van der Waals surface area contributed by atoms with E-state index in [1.165, 1.54) is 12.1 Å². The topological polar surface area (TPSA) is 78.9 Å². The summed E-state index contributed by atoms with van der Waals surface area (Å²) in [6.45, 7) is 1.67. The Hall–Kier alpha value is -2.13. The third-order valence-electron chi connectivity index (χ3n) is 2.27. The van der Waals surface area contributed by atoms with Gasteiger partial charge in [-0.3, -0.25) is 15.6 Å². The van der Waals surface area contributed by atoms with Gasteiger partial charge < -0.3 is 5.32 Å². The van der Waals surface area contributed by atoms with Crippen LogP contribution in [0.4, 0.5) is 10.1 Å². The van der Waals surface area contributed by atoms with Crippen LogP contribution in [0.5, 0.6) is 0 Å². The number of hydrazine groups is 1. The van der Waals surface area contributed by atoms with Crippen molar-refractivity contribution in [1.29, 1.82) is 0 Å². The van der Waals surface area contributed by atoms with Crippen molar-refractivity contribution in [3.05, 3.63) is 40.7 Å². The van der Waals surface area contributed by atoms with Crippen molar-refractivity contribution in [2.75, 3.05) is 5.32 Å². The Morgan fingerprint density at radius 3 is 2.75 bits per heavy atom. The van der Waals surface area contributed by atoms with Gasteiger partial charge in [-0.25, -0.2) is 4.39 Å². The Kier molecular flexibility index (Phi) is 4.53. The summed E-state index contributed by atoms with van der Waals surface area (Å²) in [5.41, 5.74) is 5.61. The average molecular weight is 311 g/mol. The van der Waals surface area contributed by atoms with E-state index >= 15 is 0 Å². The number of carbonyl (C=O) groups is 1. The van der Waals surface area contributed by atoms with E-state index in [1.807, 2.05) is 0 Å². The highest BCUT2D eigenvalue weighted by atomic mass is 32.1.